The molecule has 21 heavy (non-hydrogen) atoms. The van der Waals surface area contributed by atoms with Crippen LogP contribution >= 0.6 is 0 Å². The van der Waals surface area contributed by atoms with Crippen LogP contribution in [0.2, 0.25) is 0 Å². The molecule has 6 heteroatoms. The molecule has 2 N–H and O–H groups in total. The normalized spacial score (nSPS) is 10.2. The third kappa shape index (κ3) is 7.39. The SMILES string of the molecule is CCCCCCNC(=O)CCNC(=O)c1cnc(C)cn1. The summed E-state index contributed by atoms with van der Waals surface area (Å²) >= 11 is 0. The topological polar surface area (TPSA) is 84.0 Å². The first-order valence-corrected chi connectivity index (χ1v) is 7.47. The lowest BCUT2D eigenvalue weighted by atomic mass is 10.2. The maximum atomic E-state index is 11.7. The quantitative estimate of drug-likeness (QED) is 0.677. The molecule has 0 aliphatic rings. The van der Waals surface area contributed by atoms with Crippen molar-refractivity contribution >= 4 is 11.8 Å². The van der Waals surface area contributed by atoms with Crippen molar-refractivity contribution in [1.82, 2.24) is 20.6 Å². The van der Waals surface area contributed by atoms with E-state index in [1.54, 1.807) is 6.92 Å². The molecule has 1 rings (SSSR count). The summed E-state index contributed by atoms with van der Waals surface area (Å²) in [6.45, 7) is 4.96. The highest BCUT2D eigenvalue weighted by Gasteiger charge is 2.07. The number of aryl methyl sites for hydroxylation is 1. The molecule has 0 aliphatic heterocycles. The number of rotatable bonds is 9. The van der Waals surface area contributed by atoms with Crippen molar-refractivity contribution in [2.45, 2.75) is 46.0 Å². The third-order valence-corrected chi connectivity index (χ3v) is 3.00. The van der Waals surface area contributed by atoms with Gasteiger partial charge in [-0.25, -0.2) is 4.98 Å². The summed E-state index contributed by atoms with van der Waals surface area (Å²) in [5.41, 5.74) is 1.02. The van der Waals surface area contributed by atoms with Gasteiger partial charge in [0.2, 0.25) is 5.91 Å². The Hall–Kier alpha value is -1.98. The van der Waals surface area contributed by atoms with Gasteiger partial charge >= 0.3 is 0 Å². The van der Waals surface area contributed by atoms with Crippen LogP contribution in [0.5, 0.6) is 0 Å². The summed E-state index contributed by atoms with van der Waals surface area (Å²) < 4.78 is 0. The molecule has 0 atom stereocenters. The molecule has 6 nitrogen and oxygen atoms in total. The third-order valence-electron chi connectivity index (χ3n) is 3.00. The van der Waals surface area contributed by atoms with Crippen LogP contribution in [0.1, 0.15) is 55.2 Å². The van der Waals surface area contributed by atoms with Crippen LogP contribution < -0.4 is 10.6 Å². The van der Waals surface area contributed by atoms with Crippen molar-refractivity contribution in [3.05, 3.63) is 23.8 Å². The number of nitrogens with zero attached hydrogens (tertiary/aromatic N) is 2. The second-order valence-corrected chi connectivity index (χ2v) is 4.96. The number of carbonyl (C=O) groups is 2. The van der Waals surface area contributed by atoms with Gasteiger partial charge in [-0.15, -0.1) is 0 Å². The van der Waals surface area contributed by atoms with Gasteiger partial charge in [0, 0.05) is 25.7 Å². The smallest absolute Gasteiger partial charge is 0.271 e. The molecular formula is C15H24N4O2. The van der Waals surface area contributed by atoms with Crippen molar-refractivity contribution in [2.24, 2.45) is 0 Å². The second-order valence-electron chi connectivity index (χ2n) is 4.96. The summed E-state index contributed by atoms with van der Waals surface area (Å²) in [4.78, 5) is 31.3. The van der Waals surface area contributed by atoms with Gasteiger partial charge in [0.25, 0.3) is 5.91 Å². The zero-order chi connectivity index (χ0) is 15.5. The molecule has 116 valence electrons. The van der Waals surface area contributed by atoms with Gasteiger partial charge < -0.3 is 10.6 Å². The highest BCUT2D eigenvalue weighted by atomic mass is 16.2. The Morgan fingerprint density at radius 1 is 1.05 bits per heavy atom. The molecule has 0 spiro atoms. The molecule has 2 amide bonds. The van der Waals surface area contributed by atoms with E-state index in [0.717, 1.165) is 18.5 Å². The zero-order valence-electron chi connectivity index (χ0n) is 12.8. The Balaban J connectivity index is 2.13. The van der Waals surface area contributed by atoms with Crippen LogP contribution in [0.25, 0.3) is 0 Å². The number of hydrogen-bond donors (Lipinski definition) is 2. The lowest BCUT2D eigenvalue weighted by Gasteiger charge is -2.06. The van der Waals surface area contributed by atoms with Gasteiger partial charge in [0.15, 0.2) is 0 Å². The number of amides is 2. The van der Waals surface area contributed by atoms with E-state index in [9.17, 15) is 9.59 Å². The molecular weight excluding hydrogens is 268 g/mol. The van der Waals surface area contributed by atoms with E-state index in [1.165, 1.54) is 25.2 Å². The zero-order valence-corrected chi connectivity index (χ0v) is 12.8. The van der Waals surface area contributed by atoms with Gasteiger partial charge in [-0.2, -0.15) is 0 Å². The molecule has 0 unspecified atom stereocenters. The Morgan fingerprint density at radius 2 is 1.86 bits per heavy atom. The van der Waals surface area contributed by atoms with Crippen molar-refractivity contribution in [2.75, 3.05) is 13.1 Å². The van der Waals surface area contributed by atoms with Gasteiger partial charge in [-0.1, -0.05) is 26.2 Å². The van der Waals surface area contributed by atoms with Crippen LogP contribution in [0.3, 0.4) is 0 Å². The Kier molecular flexibility index (Phi) is 8.01. The number of aromatic nitrogens is 2. The lowest BCUT2D eigenvalue weighted by molar-refractivity contribution is -0.120. The molecule has 0 fully saturated rings. The van der Waals surface area contributed by atoms with Crippen LogP contribution in [0.15, 0.2) is 12.4 Å². The van der Waals surface area contributed by atoms with Gasteiger partial charge in [0.05, 0.1) is 11.9 Å². The molecule has 0 saturated heterocycles. The fraction of sp³-hybridized carbons (Fsp3) is 0.600. The van der Waals surface area contributed by atoms with Gasteiger partial charge in [-0.3, -0.25) is 14.6 Å². The molecule has 1 heterocycles. The van der Waals surface area contributed by atoms with Crippen LogP contribution in [-0.4, -0.2) is 34.9 Å². The average molecular weight is 292 g/mol. The average Bonchev–Trinajstić information content (AvgIpc) is 2.47. The summed E-state index contributed by atoms with van der Waals surface area (Å²) in [6.07, 6.45) is 7.77. The highest BCUT2D eigenvalue weighted by Crippen LogP contribution is 1.97. The molecule has 0 radical (unpaired) electrons. The minimum Gasteiger partial charge on any atom is -0.356 e. The highest BCUT2D eigenvalue weighted by molar-refractivity contribution is 5.92. The fourth-order valence-electron chi connectivity index (χ4n) is 1.76. The van der Waals surface area contributed by atoms with Crippen molar-refractivity contribution < 1.29 is 9.59 Å². The van der Waals surface area contributed by atoms with Crippen molar-refractivity contribution in [3.8, 4) is 0 Å². The maximum absolute atomic E-state index is 11.7. The molecule has 0 saturated carbocycles. The first-order chi connectivity index (χ1) is 10.1. The van der Waals surface area contributed by atoms with Crippen molar-refractivity contribution in [3.63, 3.8) is 0 Å². The van der Waals surface area contributed by atoms with Crippen LogP contribution in [0, 0.1) is 6.92 Å². The van der Waals surface area contributed by atoms with E-state index in [0.29, 0.717) is 13.1 Å². The molecule has 0 aromatic carbocycles. The van der Waals surface area contributed by atoms with E-state index in [1.807, 2.05) is 0 Å². The minimum atomic E-state index is -0.307. The summed E-state index contributed by atoms with van der Waals surface area (Å²) in [6, 6.07) is 0. The van der Waals surface area contributed by atoms with E-state index in [4.69, 9.17) is 0 Å². The molecule has 1 aromatic rings. The Morgan fingerprint density at radius 3 is 2.52 bits per heavy atom. The largest absolute Gasteiger partial charge is 0.356 e. The first-order valence-electron chi connectivity index (χ1n) is 7.47. The minimum absolute atomic E-state index is 0.0400. The number of nitrogens with one attached hydrogen (secondary N) is 2. The van der Waals surface area contributed by atoms with Gasteiger partial charge in [-0.05, 0) is 13.3 Å². The van der Waals surface area contributed by atoms with Crippen molar-refractivity contribution in [1.29, 1.82) is 0 Å². The number of unbranched alkanes of at least 4 members (excludes halogenated alkanes) is 3. The molecule has 0 bridgehead atoms. The van der Waals surface area contributed by atoms with E-state index in [-0.39, 0.29) is 23.9 Å². The molecule has 1 aromatic heterocycles. The second kappa shape index (κ2) is 9.85. The van der Waals surface area contributed by atoms with E-state index < -0.39 is 0 Å². The van der Waals surface area contributed by atoms with Crippen LogP contribution in [-0.2, 0) is 4.79 Å². The maximum Gasteiger partial charge on any atom is 0.271 e. The first kappa shape index (κ1) is 17.1. The number of hydrogen-bond acceptors (Lipinski definition) is 4. The van der Waals surface area contributed by atoms with E-state index >= 15 is 0 Å². The van der Waals surface area contributed by atoms with Crippen LogP contribution in [0.4, 0.5) is 0 Å². The van der Waals surface area contributed by atoms with E-state index in [2.05, 4.69) is 27.5 Å². The number of carbonyl (C=O) groups excluding carboxylic acids is 2. The fourth-order valence-corrected chi connectivity index (χ4v) is 1.76. The summed E-state index contributed by atoms with van der Waals surface area (Å²) in [7, 11) is 0. The standard InChI is InChI=1S/C15H24N4O2/c1-3-4-5-6-8-16-14(20)7-9-17-15(21)13-11-18-12(2)10-19-13/h10-11H,3-9H2,1-2H3,(H,16,20)(H,17,21). The molecule has 0 aliphatic carbocycles. The monoisotopic (exact) mass is 292 g/mol. The summed E-state index contributed by atoms with van der Waals surface area (Å²) in [5, 5.41) is 5.50. The Bertz CT molecular complexity index is 445. The lowest BCUT2D eigenvalue weighted by Crippen LogP contribution is -2.31. The predicted octanol–water partition coefficient (Wildman–Crippen LogP) is 1.60. The summed E-state index contributed by atoms with van der Waals surface area (Å²) in [5.74, 6) is -0.347. The predicted molar refractivity (Wildman–Crippen MR) is 80.9 cm³/mol. The Labute approximate surface area is 125 Å². The van der Waals surface area contributed by atoms with Gasteiger partial charge in [0.1, 0.15) is 5.69 Å².